The molecule has 8 heteroatoms. The van der Waals surface area contributed by atoms with Crippen LogP contribution >= 0.6 is 0 Å². The number of carboxylic acids is 1. The largest absolute Gasteiger partial charge is 0.477 e. The van der Waals surface area contributed by atoms with Crippen LogP contribution in [0.4, 0.5) is 5.69 Å². The number of aromatic carboxylic acids is 1. The second-order valence-electron chi connectivity index (χ2n) is 3.40. The molecule has 0 fully saturated rings. The Hall–Kier alpha value is -3.03. The summed E-state index contributed by atoms with van der Waals surface area (Å²) in [4.78, 5) is 28.3. The van der Waals surface area contributed by atoms with Gasteiger partial charge in [0.25, 0.3) is 5.69 Å². The van der Waals surface area contributed by atoms with Crippen molar-refractivity contribution in [3.8, 4) is 11.6 Å². The van der Waals surface area contributed by atoms with Crippen molar-refractivity contribution in [2.75, 3.05) is 0 Å². The van der Waals surface area contributed by atoms with Gasteiger partial charge in [0.2, 0.25) is 5.88 Å². The van der Waals surface area contributed by atoms with Crippen molar-refractivity contribution in [2.24, 2.45) is 0 Å². The molecule has 19 heavy (non-hydrogen) atoms. The van der Waals surface area contributed by atoms with Crippen molar-refractivity contribution < 1.29 is 19.6 Å². The number of carbonyl (C=O) groups is 1. The number of nitro groups is 1. The number of carboxylic acid groups (broad SMARTS) is 1. The molecule has 0 radical (unpaired) electrons. The summed E-state index contributed by atoms with van der Waals surface area (Å²) in [5, 5.41) is 19.6. The first-order valence-corrected chi connectivity index (χ1v) is 5.03. The van der Waals surface area contributed by atoms with E-state index in [1.54, 1.807) is 12.1 Å². The summed E-state index contributed by atoms with van der Waals surface area (Å²) < 4.78 is 5.23. The van der Waals surface area contributed by atoms with Crippen LogP contribution in [-0.4, -0.2) is 26.0 Å². The lowest BCUT2D eigenvalue weighted by Crippen LogP contribution is -2.03. The van der Waals surface area contributed by atoms with E-state index in [-0.39, 0.29) is 11.6 Å². The summed E-state index contributed by atoms with van der Waals surface area (Å²) in [7, 11) is 0. The molecule has 2 heterocycles. The van der Waals surface area contributed by atoms with Crippen molar-refractivity contribution in [3.05, 3.63) is 52.5 Å². The summed E-state index contributed by atoms with van der Waals surface area (Å²) in [6.07, 6.45) is 3.82. The lowest BCUT2D eigenvalue weighted by atomic mass is 10.2. The molecule has 0 saturated carbocycles. The molecule has 2 rings (SSSR count). The fourth-order valence-corrected chi connectivity index (χ4v) is 1.29. The molecule has 0 atom stereocenters. The third-order valence-electron chi connectivity index (χ3n) is 2.13. The third kappa shape index (κ3) is 2.80. The van der Waals surface area contributed by atoms with E-state index in [0.717, 1.165) is 12.3 Å². The molecule has 0 unspecified atom stereocenters. The van der Waals surface area contributed by atoms with Crippen LogP contribution in [0.3, 0.4) is 0 Å². The van der Waals surface area contributed by atoms with Crippen LogP contribution in [0.1, 0.15) is 10.4 Å². The molecular formula is C11H7N3O5. The van der Waals surface area contributed by atoms with Crippen molar-refractivity contribution in [2.45, 2.75) is 0 Å². The zero-order valence-electron chi connectivity index (χ0n) is 9.39. The lowest BCUT2D eigenvalue weighted by molar-refractivity contribution is -0.385. The molecule has 0 saturated heterocycles. The Morgan fingerprint density at radius 1 is 1.42 bits per heavy atom. The van der Waals surface area contributed by atoms with E-state index in [9.17, 15) is 14.9 Å². The maximum absolute atomic E-state index is 11.0. The molecule has 0 aliphatic carbocycles. The van der Waals surface area contributed by atoms with Crippen molar-refractivity contribution >= 4 is 11.7 Å². The van der Waals surface area contributed by atoms with E-state index in [0.29, 0.717) is 0 Å². The third-order valence-corrected chi connectivity index (χ3v) is 2.13. The molecule has 1 N–H and O–H groups in total. The Bertz CT molecular complexity index is 629. The van der Waals surface area contributed by atoms with Gasteiger partial charge in [0.1, 0.15) is 17.5 Å². The molecule has 0 amide bonds. The Morgan fingerprint density at radius 3 is 2.79 bits per heavy atom. The molecular weight excluding hydrogens is 254 g/mol. The average molecular weight is 261 g/mol. The Kier molecular flexibility index (Phi) is 3.33. The second kappa shape index (κ2) is 5.08. The molecule has 2 aromatic heterocycles. The number of pyridine rings is 2. The SMILES string of the molecule is O=C(O)c1cc([N+](=O)[O-])cnc1Oc1cccnc1. The number of aromatic nitrogens is 2. The highest BCUT2D eigenvalue weighted by atomic mass is 16.6. The molecule has 96 valence electrons. The number of rotatable bonds is 4. The number of hydrogen-bond acceptors (Lipinski definition) is 6. The fourth-order valence-electron chi connectivity index (χ4n) is 1.29. The summed E-state index contributed by atoms with van der Waals surface area (Å²) >= 11 is 0. The van der Waals surface area contributed by atoms with Gasteiger partial charge in [0, 0.05) is 12.3 Å². The van der Waals surface area contributed by atoms with E-state index in [2.05, 4.69) is 9.97 Å². The molecule has 0 spiro atoms. The summed E-state index contributed by atoms with van der Waals surface area (Å²) in [6.45, 7) is 0. The van der Waals surface area contributed by atoms with Crippen LogP contribution < -0.4 is 4.74 Å². The minimum absolute atomic E-state index is 0.230. The van der Waals surface area contributed by atoms with E-state index in [1.165, 1.54) is 12.4 Å². The van der Waals surface area contributed by atoms with Gasteiger partial charge in [-0.3, -0.25) is 15.1 Å². The van der Waals surface area contributed by atoms with Crippen molar-refractivity contribution in [1.29, 1.82) is 0 Å². The normalized spacial score (nSPS) is 9.89. The number of hydrogen-bond donors (Lipinski definition) is 1. The van der Waals surface area contributed by atoms with Gasteiger partial charge in [-0.2, -0.15) is 0 Å². The predicted molar refractivity (Wildman–Crippen MR) is 62.2 cm³/mol. The van der Waals surface area contributed by atoms with Crippen molar-refractivity contribution in [3.63, 3.8) is 0 Å². The first-order valence-electron chi connectivity index (χ1n) is 5.03. The Balaban J connectivity index is 2.40. The van der Waals surface area contributed by atoms with Gasteiger partial charge in [-0.15, -0.1) is 0 Å². The monoisotopic (exact) mass is 261 g/mol. The van der Waals surface area contributed by atoms with Crippen LogP contribution in [0.15, 0.2) is 36.8 Å². The minimum Gasteiger partial charge on any atom is -0.477 e. The van der Waals surface area contributed by atoms with Gasteiger partial charge >= 0.3 is 5.97 Å². The van der Waals surface area contributed by atoms with E-state index in [4.69, 9.17) is 9.84 Å². The van der Waals surface area contributed by atoms with Crippen LogP contribution in [0, 0.1) is 10.1 Å². The molecule has 0 aliphatic rings. The van der Waals surface area contributed by atoms with Crippen LogP contribution in [-0.2, 0) is 0 Å². The number of ether oxygens (including phenoxy) is 1. The van der Waals surface area contributed by atoms with E-state index in [1.807, 2.05) is 0 Å². The van der Waals surface area contributed by atoms with Gasteiger partial charge in [-0.05, 0) is 12.1 Å². The molecule has 0 aromatic carbocycles. The lowest BCUT2D eigenvalue weighted by Gasteiger charge is -2.06. The molecule has 0 aliphatic heterocycles. The summed E-state index contributed by atoms with van der Waals surface area (Å²) in [5.41, 5.74) is -0.811. The first kappa shape index (κ1) is 12.4. The molecule has 0 bridgehead atoms. The Morgan fingerprint density at radius 2 is 2.21 bits per heavy atom. The molecule has 8 nitrogen and oxygen atoms in total. The number of nitrogens with zero attached hydrogens (tertiary/aromatic N) is 3. The van der Waals surface area contributed by atoms with Gasteiger partial charge < -0.3 is 9.84 Å². The highest BCUT2D eigenvalue weighted by molar-refractivity contribution is 5.91. The first-order chi connectivity index (χ1) is 9.08. The second-order valence-corrected chi connectivity index (χ2v) is 3.40. The predicted octanol–water partition coefficient (Wildman–Crippen LogP) is 1.88. The topological polar surface area (TPSA) is 115 Å². The van der Waals surface area contributed by atoms with Gasteiger partial charge in [-0.1, -0.05) is 0 Å². The fraction of sp³-hybridized carbons (Fsp3) is 0. The maximum atomic E-state index is 11.0. The average Bonchev–Trinajstić information content (AvgIpc) is 2.39. The van der Waals surface area contributed by atoms with E-state index < -0.39 is 22.1 Å². The van der Waals surface area contributed by atoms with Crippen LogP contribution in [0.2, 0.25) is 0 Å². The van der Waals surface area contributed by atoms with Gasteiger partial charge in [-0.25, -0.2) is 9.78 Å². The standard InChI is InChI=1S/C11H7N3O5/c15-11(16)9-4-7(14(17)18)5-13-10(9)19-8-2-1-3-12-6-8/h1-6H,(H,15,16). The zero-order valence-corrected chi connectivity index (χ0v) is 9.39. The zero-order chi connectivity index (χ0) is 13.8. The quantitative estimate of drug-likeness (QED) is 0.659. The van der Waals surface area contributed by atoms with Crippen LogP contribution in [0.5, 0.6) is 11.6 Å². The highest BCUT2D eigenvalue weighted by Gasteiger charge is 2.19. The Labute approximate surface area is 106 Å². The molecule has 2 aromatic rings. The highest BCUT2D eigenvalue weighted by Crippen LogP contribution is 2.25. The van der Waals surface area contributed by atoms with Gasteiger partial charge in [0.05, 0.1) is 11.1 Å². The van der Waals surface area contributed by atoms with E-state index >= 15 is 0 Å². The van der Waals surface area contributed by atoms with Crippen molar-refractivity contribution in [1.82, 2.24) is 9.97 Å². The summed E-state index contributed by atoms with van der Waals surface area (Å²) in [6, 6.07) is 4.05. The minimum atomic E-state index is -1.37. The smallest absolute Gasteiger partial charge is 0.341 e. The van der Waals surface area contributed by atoms with Gasteiger partial charge in [0.15, 0.2) is 0 Å². The van der Waals surface area contributed by atoms with Crippen LogP contribution in [0.25, 0.3) is 0 Å². The summed E-state index contributed by atoms with van der Waals surface area (Å²) in [5.74, 6) is -1.31. The maximum Gasteiger partial charge on any atom is 0.341 e.